The number of ether oxygens (including phenoxy) is 1. The highest BCUT2D eigenvalue weighted by Gasteiger charge is 2.30. The van der Waals surface area contributed by atoms with Crippen molar-refractivity contribution in [1.82, 2.24) is 0 Å². The van der Waals surface area contributed by atoms with Crippen LogP contribution in [0.3, 0.4) is 0 Å². The van der Waals surface area contributed by atoms with Gasteiger partial charge in [0, 0.05) is 17.5 Å². The highest BCUT2D eigenvalue weighted by molar-refractivity contribution is 5.91. The third-order valence-corrected chi connectivity index (χ3v) is 3.84. The van der Waals surface area contributed by atoms with Gasteiger partial charge in [-0.05, 0) is 48.4 Å². The van der Waals surface area contributed by atoms with Crippen molar-refractivity contribution >= 4 is 16.9 Å². The van der Waals surface area contributed by atoms with Crippen LogP contribution in [0, 0.1) is 0 Å². The van der Waals surface area contributed by atoms with Gasteiger partial charge in [-0.25, -0.2) is 9.59 Å². The van der Waals surface area contributed by atoms with Crippen LogP contribution in [0.15, 0.2) is 57.7 Å². The minimum absolute atomic E-state index is 0.0261. The number of hydrogen-bond acceptors (Lipinski definition) is 4. The lowest BCUT2D eigenvalue weighted by molar-refractivity contribution is -0.137. The van der Waals surface area contributed by atoms with E-state index in [2.05, 4.69) is 0 Å². The van der Waals surface area contributed by atoms with Crippen molar-refractivity contribution in [1.29, 1.82) is 0 Å². The lowest BCUT2D eigenvalue weighted by Crippen LogP contribution is -2.10. The molecule has 0 saturated carbocycles. The van der Waals surface area contributed by atoms with Crippen LogP contribution < -0.4 is 10.4 Å². The first-order valence-electron chi connectivity index (χ1n) is 7.74. The number of benzene rings is 2. The maximum Gasteiger partial charge on any atom is 0.416 e. The van der Waals surface area contributed by atoms with Crippen molar-refractivity contribution in [2.45, 2.75) is 19.5 Å². The Bertz CT molecular complexity index is 1020. The van der Waals surface area contributed by atoms with Gasteiger partial charge in [-0.3, -0.25) is 0 Å². The summed E-state index contributed by atoms with van der Waals surface area (Å²) >= 11 is 0. The predicted octanol–water partition coefficient (Wildman–Crippen LogP) is 4.59. The first-order chi connectivity index (χ1) is 12.3. The standard InChI is InChI=1S/C19H13F3O4/c1-2-11-9-17(23)26-16-10-14(7-8-15(11)16)25-18(24)12-3-5-13(6-4-12)19(20,21)22/h3-10H,2H2,1H3. The van der Waals surface area contributed by atoms with Crippen molar-refractivity contribution in [3.8, 4) is 5.75 Å². The summed E-state index contributed by atoms with van der Waals surface area (Å²) in [6, 6.07) is 9.69. The lowest BCUT2D eigenvalue weighted by atomic mass is 10.1. The number of hydrogen-bond donors (Lipinski definition) is 0. The third-order valence-electron chi connectivity index (χ3n) is 3.84. The Morgan fingerprint density at radius 2 is 1.77 bits per heavy atom. The molecule has 4 nitrogen and oxygen atoms in total. The van der Waals surface area contributed by atoms with Gasteiger partial charge >= 0.3 is 17.8 Å². The van der Waals surface area contributed by atoms with Crippen LogP contribution >= 0.6 is 0 Å². The Morgan fingerprint density at radius 1 is 1.08 bits per heavy atom. The first-order valence-corrected chi connectivity index (χ1v) is 7.74. The number of carbonyl (C=O) groups is 1. The van der Waals surface area contributed by atoms with Gasteiger partial charge in [-0.2, -0.15) is 13.2 Å². The van der Waals surface area contributed by atoms with Gasteiger partial charge in [-0.15, -0.1) is 0 Å². The average molecular weight is 362 g/mol. The van der Waals surface area contributed by atoms with E-state index in [1.54, 1.807) is 6.07 Å². The second-order valence-corrected chi connectivity index (χ2v) is 5.57. The van der Waals surface area contributed by atoms with E-state index in [0.717, 1.165) is 35.2 Å². The molecular weight excluding hydrogens is 349 g/mol. The molecule has 3 aromatic rings. The zero-order valence-corrected chi connectivity index (χ0v) is 13.6. The van der Waals surface area contributed by atoms with E-state index in [-0.39, 0.29) is 16.9 Å². The van der Waals surface area contributed by atoms with Gasteiger partial charge in [-0.1, -0.05) is 6.92 Å². The van der Waals surface area contributed by atoms with Gasteiger partial charge in [0.2, 0.25) is 0 Å². The van der Waals surface area contributed by atoms with Crippen LogP contribution in [0.1, 0.15) is 28.4 Å². The molecule has 3 rings (SSSR count). The summed E-state index contributed by atoms with van der Waals surface area (Å²) in [5, 5.41) is 0.724. The summed E-state index contributed by atoms with van der Waals surface area (Å²) in [4.78, 5) is 23.7. The fourth-order valence-electron chi connectivity index (χ4n) is 2.53. The molecule has 0 radical (unpaired) electrons. The molecule has 0 atom stereocenters. The summed E-state index contributed by atoms with van der Waals surface area (Å²) < 4.78 is 48.0. The molecule has 134 valence electrons. The molecule has 7 heteroatoms. The molecule has 1 aromatic heterocycles. The number of aryl methyl sites for hydroxylation is 1. The monoisotopic (exact) mass is 362 g/mol. The molecule has 0 spiro atoms. The zero-order valence-electron chi connectivity index (χ0n) is 13.6. The Labute approximate surface area is 145 Å². The molecule has 0 aliphatic rings. The van der Waals surface area contributed by atoms with E-state index in [4.69, 9.17) is 9.15 Å². The zero-order chi connectivity index (χ0) is 18.9. The normalized spacial score (nSPS) is 11.5. The Kier molecular flexibility index (Phi) is 4.54. The minimum atomic E-state index is -4.48. The van der Waals surface area contributed by atoms with Gasteiger partial charge in [0.1, 0.15) is 11.3 Å². The second-order valence-electron chi connectivity index (χ2n) is 5.57. The van der Waals surface area contributed by atoms with Gasteiger partial charge in [0.05, 0.1) is 11.1 Å². The average Bonchev–Trinajstić information content (AvgIpc) is 2.60. The van der Waals surface area contributed by atoms with Crippen LogP contribution in [0.2, 0.25) is 0 Å². The first kappa shape index (κ1) is 17.7. The number of carbonyl (C=O) groups excluding carboxylic acids is 1. The van der Waals surface area contributed by atoms with E-state index < -0.39 is 23.3 Å². The molecule has 0 unspecified atom stereocenters. The van der Waals surface area contributed by atoms with Gasteiger partial charge in [0.15, 0.2) is 0 Å². The molecular formula is C19H13F3O4. The van der Waals surface area contributed by atoms with Crippen LogP contribution in [0.25, 0.3) is 11.0 Å². The van der Waals surface area contributed by atoms with E-state index in [1.165, 1.54) is 18.2 Å². The molecule has 0 amide bonds. The summed E-state index contributed by atoms with van der Waals surface area (Å²) in [6.45, 7) is 1.90. The third kappa shape index (κ3) is 3.61. The van der Waals surface area contributed by atoms with E-state index in [1.807, 2.05) is 6.92 Å². The fraction of sp³-hybridized carbons (Fsp3) is 0.158. The van der Waals surface area contributed by atoms with Crippen molar-refractivity contribution in [3.63, 3.8) is 0 Å². The molecule has 0 fully saturated rings. The summed E-state index contributed by atoms with van der Waals surface area (Å²) in [7, 11) is 0. The number of rotatable bonds is 3. The van der Waals surface area contributed by atoms with E-state index in [0.29, 0.717) is 6.42 Å². The number of esters is 1. The second kappa shape index (κ2) is 6.67. The maximum atomic E-state index is 12.6. The lowest BCUT2D eigenvalue weighted by Gasteiger charge is -2.09. The van der Waals surface area contributed by atoms with Crippen LogP contribution in [-0.4, -0.2) is 5.97 Å². The fourth-order valence-corrected chi connectivity index (χ4v) is 2.53. The number of alkyl halides is 3. The Morgan fingerprint density at radius 3 is 2.38 bits per heavy atom. The molecule has 2 aromatic carbocycles. The van der Waals surface area contributed by atoms with Crippen molar-refractivity contribution < 1.29 is 27.1 Å². The van der Waals surface area contributed by atoms with Crippen LogP contribution in [0.5, 0.6) is 5.75 Å². The topological polar surface area (TPSA) is 56.5 Å². The maximum absolute atomic E-state index is 12.6. The molecule has 0 saturated heterocycles. The molecule has 26 heavy (non-hydrogen) atoms. The largest absolute Gasteiger partial charge is 0.423 e. The molecule has 0 bridgehead atoms. The molecule has 1 heterocycles. The van der Waals surface area contributed by atoms with Crippen LogP contribution in [-0.2, 0) is 12.6 Å². The summed E-state index contributed by atoms with van der Waals surface area (Å²) in [5.74, 6) is -0.689. The molecule has 0 aliphatic heterocycles. The van der Waals surface area contributed by atoms with Gasteiger partial charge in [0.25, 0.3) is 0 Å². The highest BCUT2D eigenvalue weighted by Crippen LogP contribution is 2.29. The minimum Gasteiger partial charge on any atom is -0.423 e. The smallest absolute Gasteiger partial charge is 0.416 e. The molecule has 0 N–H and O–H groups in total. The van der Waals surface area contributed by atoms with Gasteiger partial charge < -0.3 is 9.15 Å². The summed E-state index contributed by atoms with van der Waals surface area (Å²) in [6.07, 6.45) is -3.85. The summed E-state index contributed by atoms with van der Waals surface area (Å²) in [5.41, 5.74) is -0.319. The quantitative estimate of drug-likeness (QED) is 0.388. The Hall–Kier alpha value is -3.09. The van der Waals surface area contributed by atoms with E-state index >= 15 is 0 Å². The number of fused-ring (bicyclic) bond motifs is 1. The van der Waals surface area contributed by atoms with E-state index in [9.17, 15) is 22.8 Å². The number of halogens is 3. The van der Waals surface area contributed by atoms with Crippen molar-refractivity contribution in [3.05, 3.63) is 75.6 Å². The van der Waals surface area contributed by atoms with Crippen molar-refractivity contribution in [2.75, 3.05) is 0 Å². The van der Waals surface area contributed by atoms with Crippen LogP contribution in [0.4, 0.5) is 13.2 Å². The molecule has 0 aliphatic carbocycles. The highest BCUT2D eigenvalue weighted by atomic mass is 19.4. The Balaban J connectivity index is 1.86. The SMILES string of the molecule is CCc1cc(=O)oc2cc(OC(=O)c3ccc(C(F)(F)F)cc3)ccc12. The van der Waals surface area contributed by atoms with Crippen molar-refractivity contribution in [2.24, 2.45) is 0 Å². The predicted molar refractivity (Wildman–Crippen MR) is 88.3 cm³/mol.